The van der Waals surface area contributed by atoms with Crippen LogP contribution in [0.3, 0.4) is 0 Å². The second kappa shape index (κ2) is 7.92. The normalized spacial score (nSPS) is 15.1. The number of imide groups is 1. The van der Waals surface area contributed by atoms with Gasteiger partial charge in [-0.1, -0.05) is 0 Å². The van der Waals surface area contributed by atoms with Crippen molar-refractivity contribution in [2.75, 3.05) is 11.5 Å². The topological polar surface area (TPSA) is 106 Å². The van der Waals surface area contributed by atoms with Gasteiger partial charge in [-0.2, -0.15) is 0 Å². The Morgan fingerprint density at radius 1 is 1.09 bits per heavy atom. The lowest BCUT2D eigenvalue weighted by Crippen LogP contribution is -2.29. The van der Waals surface area contributed by atoms with Gasteiger partial charge in [-0.15, -0.1) is 10.2 Å². The largest absolute Gasteiger partial charge is 0.494 e. The molecule has 1 aliphatic heterocycles. The van der Waals surface area contributed by atoms with Crippen LogP contribution in [-0.2, 0) is 6.54 Å². The summed E-state index contributed by atoms with van der Waals surface area (Å²) in [5.74, 6) is 0.119. The Bertz CT molecular complexity index is 1210. The number of carbonyl (C=O) groups excluding carboxylic acids is 3. The minimum absolute atomic E-state index is 0.206. The van der Waals surface area contributed by atoms with Crippen LogP contribution in [0.25, 0.3) is 0 Å². The highest BCUT2D eigenvalue weighted by atomic mass is 16.5. The highest BCUT2D eigenvalue weighted by Gasteiger charge is 2.37. The molecule has 0 saturated heterocycles. The molecule has 0 unspecified atom stereocenters. The number of nitrogens with zero attached hydrogens (tertiary/aromatic N) is 4. The molecule has 1 fully saturated rings. The number of ether oxygens (including phenoxy) is 1. The van der Waals surface area contributed by atoms with Crippen molar-refractivity contribution in [2.45, 2.75) is 32.4 Å². The molecule has 0 spiro atoms. The van der Waals surface area contributed by atoms with Crippen LogP contribution >= 0.6 is 0 Å². The number of anilines is 1. The quantitative estimate of drug-likeness (QED) is 0.577. The van der Waals surface area contributed by atoms with Crippen molar-refractivity contribution < 1.29 is 19.1 Å². The third-order valence-corrected chi connectivity index (χ3v) is 5.55. The van der Waals surface area contributed by atoms with Crippen LogP contribution in [0.4, 0.5) is 5.69 Å². The fraction of sp³-hybridized carbons (Fsp3) is 0.261. The van der Waals surface area contributed by atoms with Crippen molar-refractivity contribution in [2.24, 2.45) is 0 Å². The molecule has 2 heterocycles. The maximum Gasteiger partial charge on any atom is 0.266 e. The number of benzene rings is 2. The molecule has 32 heavy (non-hydrogen) atoms. The molecule has 0 atom stereocenters. The predicted octanol–water partition coefficient (Wildman–Crippen LogP) is 2.74. The first-order chi connectivity index (χ1) is 15.6. The van der Waals surface area contributed by atoms with E-state index >= 15 is 0 Å². The Balaban J connectivity index is 1.32. The Labute approximate surface area is 184 Å². The van der Waals surface area contributed by atoms with Gasteiger partial charge in [-0.25, -0.2) is 4.90 Å². The van der Waals surface area contributed by atoms with Crippen LogP contribution in [0.1, 0.15) is 62.7 Å². The Morgan fingerprint density at radius 2 is 1.84 bits per heavy atom. The number of rotatable bonds is 7. The maximum absolute atomic E-state index is 13.0. The predicted molar refractivity (Wildman–Crippen MR) is 115 cm³/mol. The van der Waals surface area contributed by atoms with Crippen molar-refractivity contribution in [3.05, 3.63) is 71.3 Å². The summed E-state index contributed by atoms with van der Waals surface area (Å²) in [4.78, 5) is 39.6. The highest BCUT2D eigenvalue weighted by Crippen LogP contribution is 2.35. The van der Waals surface area contributed by atoms with E-state index in [1.54, 1.807) is 36.7 Å². The molecule has 162 valence electrons. The van der Waals surface area contributed by atoms with Crippen molar-refractivity contribution in [1.29, 1.82) is 0 Å². The van der Waals surface area contributed by atoms with Crippen molar-refractivity contribution in [3.63, 3.8) is 0 Å². The molecule has 2 aliphatic rings. The summed E-state index contributed by atoms with van der Waals surface area (Å²) >= 11 is 0. The first-order valence-electron chi connectivity index (χ1n) is 10.5. The van der Waals surface area contributed by atoms with Gasteiger partial charge in [-0.05, 0) is 62.2 Å². The molecule has 1 saturated carbocycles. The summed E-state index contributed by atoms with van der Waals surface area (Å²) in [5, 5.41) is 10.8. The Hall–Kier alpha value is -4.01. The smallest absolute Gasteiger partial charge is 0.266 e. The van der Waals surface area contributed by atoms with E-state index in [-0.39, 0.29) is 23.6 Å². The van der Waals surface area contributed by atoms with Gasteiger partial charge in [0.1, 0.15) is 12.1 Å². The summed E-state index contributed by atoms with van der Waals surface area (Å²) in [5.41, 5.74) is 1.23. The molecule has 3 amide bonds. The summed E-state index contributed by atoms with van der Waals surface area (Å²) in [6.07, 6.45) is 3.85. The van der Waals surface area contributed by atoms with Gasteiger partial charge in [0, 0.05) is 11.6 Å². The fourth-order valence-corrected chi connectivity index (χ4v) is 3.79. The number of carbonyl (C=O) groups is 3. The molecular formula is C23H21N5O4. The van der Waals surface area contributed by atoms with E-state index in [0.29, 0.717) is 35.5 Å². The lowest BCUT2D eigenvalue weighted by molar-refractivity contribution is 0.0923. The van der Waals surface area contributed by atoms with Gasteiger partial charge in [0.2, 0.25) is 0 Å². The van der Waals surface area contributed by atoms with Crippen molar-refractivity contribution in [3.8, 4) is 5.75 Å². The van der Waals surface area contributed by atoms with Crippen molar-refractivity contribution in [1.82, 2.24) is 20.1 Å². The van der Waals surface area contributed by atoms with E-state index in [1.807, 2.05) is 11.5 Å². The number of hydrogen-bond acceptors (Lipinski definition) is 6. The standard InChI is InChI=1S/C23H21N5O4/c1-2-32-17-8-6-16(7-9-17)28-22(30)18-10-3-14(11-19(18)23(28)31)21(29)24-12-20-26-25-13-27(20)15-4-5-15/h3,6-11,13,15H,2,4-5,12H2,1H3,(H,24,29). The molecule has 9 heteroatoms. The van der Waals surface area contributed by atoms with E-state index < -0.39 is 11.8 Å². The van der Waals surface area contributed by atoms with Gasteiger partial charge in [-0.3, -0.25) is 14.4 Å². The first-order valence-corrected chi connectivity index (χ1v) is 10.5. The molecule has 0 radical (unpaired) electrons. The SMILES string of the molecule is CCOc1ccc(N2C(=O)c3ccc(C(=O)NCc4nncn4C4CC4)cc3C2=O)cc1. The number of amides is 3. The minimum Gasteiger partial charge on any atom is -0.494 e. The van der Waals surface area contributed by atoms with Crippen LogP contribution in [0, 0.1) is 0 Å². The maximum atomic E-state index is 13.0. The van der Waals surface area contributed by atoms with Gasteiger partial charge in [0.05, 0.1) is 30.0 Å². The summed E-state index contributed by atoms with van der Waals surface area (Å²) < 4.78 is 7.38. The molecule has 0 bridgehead atoms. The molecule has 1 aromatic heterocycles. The summed E-state index contributed by atoms with van der Waals surface area (Å²) in [6.45, 7) is 2.64. The summed E-state index contributed by atoms with van der Waals surface area (Å²) in [6, 6.07) is 11.7. The zero-order chi connectivity index (χ0) is 22.2. The van der Waals surface area contributed by atoms with E-state index in [1.165, 1.54) is 12.1 Å². The van der Waals surface area contributed by atoms with Gasteiger partial charge < -0.3 is 14.6 Å². The average molecular weight is 431 g/mol. The van der Waals surface area contributed by atoms with Crippen molar-refractivity contribution >= 4 is 23.4 Å². The second-order valence-corrected chi connectivity index (χ2v) is 7.70. The van der Waals surface area contributed by atoms with E-state index in [0.717, 1.165) is 17.7 Å². The number of hydrogen-bond donors (Lipinski definition) is 1. The van der Waals surface area contributed by atoms with Gasteiger partial charge in [0.15, 0.2) is 5.82 Å². The Kier molecular flexibility index (Phi) is 4.93. The number of aromatic nitrogens is 3. The molecule has 5 rings (SSSR count). The highest BCUT2D eigenvalue weighted by molar-refractivity contribution is 6.34. The lowest BCUT2D eigenvalue weighted by atomic mass is 10.1. The van der Waals surface area contributed by atoms with Crippen LogP contribution in [-0.4, -0.2) is 39.1 Å². The van der Waals surface area contributed by atoms with Gasteiger partial charge >= 0.3 is 0 Å². The number of fused-ring (bicyclic) bond motifs is 1. The minimum atomic E-state index is -0.461. The van der Waals surface area contributed by atoms with Crippen LogP contribution < -0.4 is 15.0 Å². The van der Waals surface area contributed by atoms with Crippen LogP contribution in [0.15, 0.2) is 48.8 Å². The monoisotopic (exact) mass is 431 g/mol. The molecule has 2 aromatic carbocycles. The third-order valence-electron chi connectivity index (χ3n) is 5.55. The van der Waals surface area contributed by atoms with E-state index in [2.05, 4.69) is 15.5 Å². The summed E-state index contributed by atoms with van der Waals surface area (Å²) in [7, 11) is 0. The lowest BCUT2D eigenvalue weighted by Gasteiger charge is -2.14. The van der Waals surface area contributed by atoms with E-state index in [4.69, 9.17) is 4.74 Å². The van der Waals surface area contributed by atoms with Crippen LogP contribution in [0.5, 0.6) is 5.75 Å². The molecule has 1 N–H and O–H groups in total. The average Bonchev–Trinajstić information content (AvgIpc) is 3.49. The first kappa shape index (κ1) is 19.9. The number of nitrogens with one attached hydrogen (secondary N) is 1. The zero-order valence-corrected chi connectivity index (χ0v) is 17.4. The molecule has 3 aromatic rings. The third kappa shape index (κ3) is 3.51. The molecular weight excluding hydrogens is 410 g/mol. The molecule has 1 aliphatic carbocycles. The fourth-order valence-electron chi connectivity index (χ4n) is 3.79. The van der Waals surface area contributed by atoms with Crippen LogP contribution in [0.2, 0.25) is 0 Å². The molecule has 9 nitrogen and oxygen atoms in total. The Morgan fingerprint density at radius 3 is 2.56 bits per heavy atom. The van der Waals surface area contributed by atoms with E-state index in [9.17, 15) is 14.4 Å². The zero-order valence-electron chi connectivity index (χ0n) is 17.4. The van der Waals surface area contributed by atoms with Gasteiger partial charge in [0.25, 0.3) is 17.7 Å². The second-order valence-electron chi connectivity index (χ2n) is 7.70.